The van der Waals surface area contributed by atoms with Crippen LogP contribution < -0.4 is 10.6 Å². The highest BCUT2D eigenvalue weighted by Crippen LogP contribution is 2.33. The number of aryl methyl sites for hydroxylation is 1. The van der Waals surface area contributed by atoms with Crippen molar-refractivity contribution >= 4 is 53.0 Å². The zero-order valence-electron chi connectivity index (χ0n) is 15.8. The molecule has 2 N–H and O–H groups in total. The van der Waals surface area contributed by atoms with Gasteiger partial charge in [0, 0.05) is 47.2 Å². The molecule has 3 rings (SSSR count). The summed E-state index contributed by atoms with van der Waals surface area (Å²) >= 11 is 3.90. The summed E-state index contributed by atoms with van der Waals surface area (Å²) < 4.78 is 5.55. The van der Waals surface area contributed by atoms with Crippen LogP contribution in [0, 0.1) is 6.92 Å². The first-order valence-corrected chi connectivity index (χ1v) is 11.2. The Kier molecular flexibility index (Phi) is 9.49. The Hall–Kier alpha value is -0.0300. The second kappa shape index (κ2) is 11.1. The molecule has 3 heterocycles. The lowest BCUT2D eigenvalue weighted by Gasteiger charge is -2.43. The Labute approximate surface area is 182 Å². The number of hydrogen-bond donors (Lipinski definition) is 2. The predicted molar refractivity (Wildman–Crippen MR) is 124 cm³/mol. The minimum Gasteiger partial charge on any atom is -0.379 e. The first-order chi connectivity index (χ1) is 12.2. The summed E-state index contributed by atoms with van der Waals surface area (Å²) in [5, 5.41) is 7.02. The maximum absolute atomic E-state index is 5.55. The van der Waals surface area contributed by atoms with E-state index in [1.807, 2.05) is 11.3 Å². The number of ether oxygens (including phenoxy) is 1. The third-order valence-electron chi connectivity index (χ3n) is 4.88. The van der Waals surface area contributed by atoms with Gasteiger partial charge < -0.3 is 15.4 Å². The summed E-state index contributed by atoms with van der Waals surface area (Å²) in [5.74, 6) is 3.38. The van der Waals surface area contributed by atoms with Crippen LogP contribution in [0.25, 0.3) is 0 Å². The number of halogens is 1. The van der Waals surface area contributed by atoms with Gasteiger partial charge in [-0.05, 0) is 38.2 Å². The number of nitrogens with zero attached hydrogens (tertiary/aromatic N) is 2. The van der Waals surface area contributed by atoms with Crippen LogP contribution in [-0.4, -0.2) is 67.3 Å². The van der Waals surface area contributed by atoms with Crippen LogP contribution in [0.5, 0.6) is 0 Å². The zero-order valence-corrected chi connectivity index (χ0v) is 19.7. The molecule has 8 heteroatoms. The summed E-state index contributed by atoms with van der Waals surface area (Å²) in [6.07, 6.45) is 1.24. The molecule has 1 atom stereocenters. The van der Waals surface area contributed by atoms with Gasteiger partial charge in [-0.1, -0.05) is 0 Å². The maximum Gasteiger partial charge on any atom is 0.191 e. The SMILES string of the molecule is CCNC(=NCc1ccc(C)s1)NCC1(N2CCOCC2)CCSC1.I. The molecule has 2 aliphatic rings. The van der Waals surface area contributed by atoms with Crippen molar-refractivity contribution in [1.29, 1.82) is 0 Å². The number of hydrogen-bond acceptors (Lipinski definition) is 5. The van der Waals surface area contributed by atoms with Crippen LogP contribution >= 0.6 is 47.1 Å². The van der Waals surface area contributed by atoms with Gasteiger partial charge >= 0.3 is 0 Å². The first kappa shape index (κ1) is 22.3. The van der Waals surface area contributed by atoms with Gasteiger partial charge in [0.15, 0.2) is 5.96 Å². The summed E-state index contributed by atoms with van der Waals surface area (Å²) in [6, 6.07) is 4.34. The zero-order chi connectivity index (χ0) is 17.5. The van der Waals surface area contributed by atoms with Gasteiger partial charge in [-0.2, -0.15) is 11.8 Å². The molecular weight excluding hydrogens is 479 g/mol. The summed E-state index contributed by atoms with van der Waals surface area (Å²) in [4.78, 5) is 10.1. The van der Waals surface area contributed by atoms with Gasteiger partial charge in [0.1, 0.15) is 0 Å². The molecule has 0 radical (unpaired) electrons. The number of morpholine rings is 1. The van der Waals surface area contributed by atoms with Gasteiger partial charge in [0.2, 0.25) is 0 Å². The van der Waals surface area contributed by atoms with Crippen molar-refractivity contribution < 1.29 is 4.74 Å². The molecule has 5 nitrogen and oxygen atoms in total. The normalized spacial score (nSPS) is 24.3. The molecule has 1 aromatic rings. The van der Waals surface area contributed by atoms with Crippen molar-refractivity contribution in [2.45, 2.75) is 32.4 Å². The Morgan fingerprint density at radius 2 is 2.12 bits per heavy atom. The number of guanidine groups is 1. The topological polar surface area (TPSA) is 48.9 Å². The lowest BCUT2D eigenvalue weighted by atomic mass is 9.95. The molecule has 1 unspecified atom stereocenters. The minimum atomic E-state index is 0. The second-order valence-electron chi connectivity index (χ2n) is 6.69. The van der Waals surface area contributed by atoms with Gasteiger partial charge in [-0.15, -0.1) is 35.3 Å². The van der Waals surface area contributed by atoms with E-state index in [9.17, 15) is 0 Å². The molecule has 0 amide bonds. The fourth-order valence-corrected chi connectivity index (χ4v) is 5.74. The van der Waals surface area contributed by atoms with Crippen LogP contribution in [0.4, 0.5) is 0 Å². The van der Waals surface area contributed by atoms with Crippen LogP contribution in [0.15, 0.2) is 17.1 Å². The maximum atomic E-state index is 5.55. The predicted octanol–water partition coefficient (Wildman–Crippen LogP) is 2.94. The molecule has 148 valence electrons. The lowest BCUT2D eigenvalue weighted by molar-refractivity contribution is -0.0120. The summed E-state index contributed by atoms with van der Waals surface area (Å²) in [7, 11) is 0. The van der Waals surface area contributed by atoms with E-state index < -0.39 is 0 Å². The van der Waals surface area contributed by atoms with E-state index >= 15 is 0 Å². The fraction of sp³-hybridized carbons (Fsp3) is 0.722. The molecule has 0 aliphatic carbocycles. The van der Waals surface area contributed by atoms with Gasteiger partial charge in [-0.3, -0.25) is 4.90 Å². The van der Waals surface area contributed by atoms with E-state index in [4.69, 9.17) is 9.73 Å². The summed E-state index contributed by atoms with van der Waals surface area (Å²) in [5.41, 5.74) is 0.240. The molecule has 2 aliphatic heterocycles. The molecule has 2 saturated heterocycles. The second-order valence-corrected chi connectivity index (χ2v) is 9.17. The fourth-order valence-electron chi connectivity index (χ4n) is 3.45. The highest BCUT2D eigenvalue weighted by molar-refractivity contribution is 14.0. The Morgan fingerprint density at radius 3 is 2.73 bits per heavy atom. The van der Waals surface area contributed by atoms with Gasteiger partial charge in [0.25, 0.3) is 0 Å². The van der Waals surface area contributed by atoms with E-state index in [-0.39, 0.29) is 29.5 Å². The third-order valence-corrected chi connectivity index (χ3v) is 7.10. The largest absolute Gasteiger partial charge is 0.379 e. The molecule has 0 saturated carbocycles. The van der Waals surface area contributed by atoms with Crippen LogP contribution in [0.1, 0.15) is 23.1 Å². The quantitative estimate of drug-likeness (QED) is 0.350. The number of aliphatic imine (C=N–C) groups is 1. The molecule has 2 fully saturated rings. The van der Waals surface area contributed by atoms with Crippen molar-refractivity contribution in [1.82, 2.24) is 15.5 Å². The van der Waals surface area contributed by atoms with Gasteiger partial charge in [0.05, 0.1) is 19.8 Å². The highest BCUT2D eigenvalue weighted by Gasteiger charge is 2.40. The Balaban J connectivity index is 0.00000243. The number of nitrogens with one attached hydrogen (secondary N) is 2. The van der Waals surface area contributed by atoms with E-state index in [0.717, 1.165) is 51.9 Å². The molecule has 0 spiro atoms. The monoisotopic (exact) mass is 510 g/mol. The van der Waals surface area contributed by atoms with E-state index in [0.29, 0.717) is 0 Å². The average molecular weight is 511 g/mol. The first-order valence-electron chi connectivity index (χ1n) is 9.20. The lowest BCUT2D eigenvalue weighted by Crippen LogP contribution is -2.60. The van der Waals surface area contributed by atoms with Crippen LogP contribution in [0.3, 0.4) is 0 Å². The number of thioether (sulfide) groups is 1. The van der Waals surface area contributed by atoms with Crippen molar-refractivity contribution in [2.75, 3.05) is 50.9 Å². The van der Waals surface area contributed by atoms with E-state index in [1.165, 1.54) is 27.7 Å². The molecule has 0 aromatic carbocycles. The molecular formula is C18H31IN4OS2. The van der Waals surface area contributed by atoms with Gasteiger partial charge in [-0.25, -0.2) is 4.99 Å². The number of rotatable bonds is 6. The molecule has 0 bridgehead atoms. The smallest absolute Gasteiger partial charge is 0.191 e. The molecule has 26 heavy (non-hydrogen) atoms. The van der Waals surface area contributed by atoms with Crippen molar-refractivity contribution in [3.63, 3.8) is 0 Å². The Bertz CT molecular complexity index is 569. The van der Waals surface area contributed by atoms with Crippen molar-refractivity contribution in [3.05, 3.63) is 21.9 Å². The van der Waals surface area contributed by atoms with Crippen LogP contribution in [0.2, 0.25) is 0 Å². The van der Waals surface area contributed by atoms with Crippen LogP contribution in [-0.2, 0) is 11.3 Å². The standard InChI is InChI=1S/C18H30N4OS2.HI/c1-3-19-17(20-12-16-5-4-15(2)25-16)21-13-18(6-11-24-14-18)22-7-9-23-10-8-22;/h4-5H,3,6-14H2,1-2H3,(H2,19,20,21);1H. The minimum absolute atomic E-state index is 0. The number of thiophene rings is 1. The average Bonchev–Trinajstić information content (AvgIpc) is 3.28. The van der Waals surface area contributed by atoms with Crippen molar-refractivity contribution in [2.24, 2.45) is 4.99 Å². The summed E-state index contributed by atoms with van der Waals surface area (Å²) in [6.45, 7) is 10.7. The van der Waals surface area contributed by atoms with E-state index in [2.05, 4.69) is 53.3 Å². The highest BCUT2D eigenvalue weighted by atomic mass is 127. The molecule has 1 aromatic heterocycles. The van der Waals surface area contributed by atoms with Crippen molar-refractivity contribution in [3.8, 4) is 0 Å². The van der Waals surface area contributed by atoms with E-state index in [1.54, 1.807) is 0 Å². The third kappa shape index (κ3) is 5.98. The Morgan fingerprint density at radius 1 is 1.31 bits per heavy atom.